The summed E-state index contributed by atoms with van der Waals surface area (Å²) in [5.41, 5.74) is 1.22. The number of rotatable bonds is 4. The molecule has 0 aliphatic heterocycles. The molecule has 1 aromatic carbocycles. The van der Waals surface area contributed by atoms with Crippen LogP contribution in [0.3, 0.4) is 0 Å². The van der Waals surface area contributed by atoms with Crippen LogP contribution >= 0.6 is 22.6 Å². The predicted molar refractivity (Wildman–Crippen MR) is 59.3 cm³/mol. The fraction of sp³-hybridized carbons (Fsp3) is 0.200. The number of hydrogen-bond donors (Lipinski definition) is 0. The predicted octanol–water partition coefficient (Wildman–Crippen LogP) is 3.15. The van der Waals surface area contributed by atoms with Crippen LogP contribution in [0.15, 0.2) is 40.5 Å². The summed E-state index contributed by atoms with van der Waals surface area (Å²) in [4.78, 5) is 0. The van der Waals surface area contributed by atoms with E-state index < -0.39 is 0 Å². The molecule has 0 aliphatic rings. The van der Waals surface area contributed by atoms with Crippen molar-refractivity contribution in [3.63, 3.8) is 0 Å². The van der Waals surface area contributed by atoms with Gasteiger partial charge in [-0.05, 0) is 9.65 Å². The molecule has 0 aliphatic carbocycles. The minimum Gasteiger partial charge on any atom is -0.373 e. The number of hydrogen-bond acceptors (Lipinski definition) is 1. The highest BCUT2D eigenvalue weighted by Crippen LogP contribution is 2.00. The van der Waals surface area contributed by atoms with Crippen molar-refractivity contribution in [2.24, 2.45) is 0 Å². The van der Waals surface area contributed by atoms with E-state index in [1.165, 1.54) is 5.56 Å². The van der Waals surface area contributed by atoms with Gasteiger partial charge in [0.1, 0.15) is 0 Å². The monoisotopic (exact) mass is 274 g/mol. The van der Waals surface area contributed by atoms with Crippen molar-refractivity contribution in [3.8, 4) is 0 Å². The Hall–Kier alpha value is -0.350. The van der Waals surface area contributed by atoms with Crippen molar-refractivity contribution in [2.45, 2.75) is 6.61 Å². The molecule has 0 heterocycles. The Morgan fingerprint density at radius 2 is 2.00 bits per heavy atom. The normalized spacial score (nSPS) is 10.8. The first-order valence-corrected chi connectivity index (χ1v) is 5.05. The summed E-state index contributed by atoms with van der Waals surface area (Å²) in [6.45, 7) is 1.39. The fourth-order valence-electron chi connectivity index (χ4n) is 0.855. The Kier molecular flexibility index (Phi) is 5.03. The molecule has 0 aromatic heterocycles. The van der Waals surface area contributed by atoms with E-state index in [0.717, 1.165) is 0 Å². The first kappa shape index (κ1) is 9.74. The summed E-state index contributed by atoms with van der Waals surface area (Å²) in [6.07, 6.45) is 1.99. The number of benzene rings is 1. The van der Waals surface area contributed by atoms with Crippen LogP contribution in [0.1, 0.15) is 5.56 Å². The van der Waals surface area contributed by atoms with Gasteiger partial charge in [-0.3, -0.25) is 0 Å². The lowest BCUT2D eigenvalue weighted by atomic mass is 10.2. The molecule has 2 heteroatoms. The van der Waals surface area contributed by atoms with Crippen LogP contribution in [0.4, 0.5) is 0 Å². The van der Waals surface area contributed by atoms with Gasteiger partial charge in [0.15, 0.2) is 0 Å². The molecule has 0 fully saturated rings. The first-order valence-electron chi connectivity index (χ1n) is 3.80. The maximum absolute atomic E-state index is 5.37. The summed E-state index contributed by atoms with van der Waals surface area (Å²) >= 11 is 2.18. The van der Waals surface area contributed by atoms with Crippen LogP contribution in [-0.4, -0.2) is 6.61 Å². The summed E-state index contributed by atoms with van der Waals surface area (Å²) in [7, 11) is 0. The zero-order chi connectivity index (χ0) is 8.65. The van der Waals surface area contributed by atoms with Gasteiger partial charge < -0.3 is 4.74 Å². The molecule has 0 bridgehead atoms. The van der Waals surface area contributed by atoms with Gasteiger partial charge in [0.25, 0.3) is 0 Å². The molecular weight excluding hydrogens is 263 g/mol. The highest BCUT2D eigenvalue weighted by Gasteiger charge is 1.88. The molecule has 0 N–H and O–H groups in total. The van der Waals surface area contributed by atoms with Gasteiger partial charge in [-0.15, -0.1) is 0 Å². The third kappa shape index (κ3) is 3.88. The summed E-state index contributed by atoms with van der Waals surface area (Å²) in [5.74, 6) is 0. The highest BCUT2D eigenvalue weighted by atomic mass is 127. The van der Waals surface area contributed by atoms with E-state index in [1.54, 1.807) is 0 Å². The summed E-state index contributed by atoms with van der Waals surface area (Å²) in [6, 6.07) is 10.2. The SMILES string of the molecule is IC=CCOCc1ccccc1. The van der Waals surface area contributed by atoms with Gasteiger partial charge >= 0.3 is 0 Å². The lowest BCUT2D eigenvalue weighted by Gasteiger charge is -1.99. The molecule has 0 spiro atoms. The van der Waals surface area contributed by atoms with Gasteiger partial charge in [-0.25, -0.2) is 0 Å². The minimum absolute atomic E-state index is 0.692. The molecule has 0 atom stereocenters. The topological polar surface area (TPSA) is 9.23 Å². The maximum atomic E-state index is 5.37. The molecule has 0 saturated heterocycles. The van der Waals surface area contributed by atoms with Crippen molar-refractivity contribution in [2.75, 3.05) is 6.61 Å². The van der Waals surface area contributed by atoms with E-state index in [0.29, 0.717) is 13.2 Å². The molecule has 1 aromatic rings. The average Bonchev–Trinajstić information content (AvgIpc) is 2.14. The lowest BCUT2D eigenvalue weighted by molar-refractivity contribution is 0.149. The smallest absolute Gasteiger partial charge is 0.0721 e. The van der Waals surface area contributed by atoms with Crippen molar-refractivity contribution in [1.82, 2.24) is 0 Å². The fourth-order valence-corrected chi connectivity index (χ4v) is 1.06. The zero-order valence-corrected chi connectivity index (χ0v) is 8.90. The van der Waals surface area contributed by atoms with E-state index in [-0.39, 0.29) is 0 Å². The van der Waals surface area contributed by atoms with Crippen molar-refractivity contribution in [3.05, 3.63) is 46.1 Å². The Bertz CT molecular complexity index is 231. The second kappa shape index (κ2) is 6.20. The van der Waals surface area contributed by atoms with E-state index in [1.807, 2.05) is 28.4 Å². The summed E-state index contributed by atoms with van der Waals surface area (Å²) < 4.78 is 7.33. The van der Waals surface area contributed by atoms with Gasteiger partial charge in [0, 0.05) is 0 Å². The van der Waals surface area contributed by atoms with Crippen LogP contribution in [0.2, 0.25) is 0 Å². The van der Waals surface area contributed by atoms with Crippen LogP contribution in [0, 0.1) is 0 Å². The van der Waals surface area contributed by atoms with E-state index in [2.05, 4.69) is 34.7 Å². The van der Waals surface area contributed by atoms with Crippen molar-refractivity contribution >= 4 is 22.6 Å². The Morgan fingerprint density at radius 1 is 1.25 bits per heavy atom. The Labute approximate surface area is 86.6 Å². The van der Waals surface area contributed by atoms with Crippen molar-refractivity contribution < 1.29 is 4.74 Å². The van der Waals surface area contributed by atoms with E-state index in [4.69, 9.17) is 4.74 Å². The molecule has 1 nitrogen and oxygen atoms in total. The van der Waals surface area contributed by atoms with E-state index in [9.17, 15) is 0 Å². The van der Waals surface area contributed by atoms with Gasteiger partial charge in [0.05, 0.1) is 13.2 Å². The first-order chi connectivity index (χ1) is 5.93. The van der Waals surface area contributed by atoms with Gasteiger partial charge in [0.2, 0.25) is 0 Å². The maximum Gasteiger partial charge on any atom is 0.0721 e. The Morgan fingerprint density at radius 3 is 2.67 bits per heavy atom. The number of ether oxygens (including phenoxy) is 1. The standard InChI is InChI=1S/C10H11IO/c11-7-4-8-12-9-10-5-2-1-3-6-10/h1-7H,8-9H2. The average molecular weight is 274 g/mol. The molecule has 64 valence electrons. The quantitative estimate of drug-likeness (QED) is 0.605. The highest BCUT2D eigenvalue weighted by molar-refractivity contribution is 14.1. The second-order valence-corrected chi connectivity index (χ2v) is 3.08. The summed E-state index contributed by atoms with van der Waals surface area (Å²) in [5, 5.41) is 0. The molecule has 0 saturated carbocycles. The Balaban J connectivity index is 2.24. The van der Waals surface area contributed by atoms with Crippen LogP contribution in [-0.2, 0) is 11.3 Å². The largest absolute Gasteiger partial charge is 0.373 e. The molecule has 12 heavy (non-hydrogen) atoms. The van der Waals surface area contributed by atoms with Crippen LogP contribution in [0.25, 0.3) is 0 Å². The molecule has 0 unspecified atom stereocenters. The van der Waals surface area contributed by atoms with Crippen LogP contribution in [0.5, 0.6) is 0 Å². The molecule has 1 rings (SSSR count). The van der Waals surface area contributed by atoms with Crippen LogP contribution < -0.4 is 0 Å². The zero-order valence-electron chi connectivity index (χ0n) is 6.74. The third-order valence-corrected chi connectivity index (χ3v) is 1.92. The third-order valence-electron chi connectivity index (χ3n) is 1.41. The van der Waals surface area contributed by atoms with Gasteiger partial charge in [-0.2, -0.15) is 0 Å². The minimum atomic E-state index is 0.692. The van der Waals surface area contributed by atoms with E-state index >= 15 is 0 Å². The number of halogens is 1. The molecule has 0 radical (unpaired) electrons. The molecule has 0 amide bonds. The molecular formula is C10H11IO. The van der Waals surface area contributed by atoms with Gasteiger partial charge in [-0.1, -0.05) is 59.0 Å². The lowest BCUT2D eigenvalue weighted by Crippen LogP contribution is -1.91. The second-order valence-electron chi connectivity index (χ2n) is 2.36. The van der Waals surface area contributed by atoms with Crippen molar-refractivity contribution in [1.29, 1.82) is 0 Å².